The van der Waals surface area contributed by atoms with Crippen LogP contribution in [0.5, 0.6) is 0 Å². The fourth-order valence-corrected chi connectivity index (χ4v) is 4.16. The molecule has 0 unspecified atom stereocenters. The highest BCUT2D eigenvalue weighted by Gasteiger charge is 2.25. The molecule has 0 N–H and O–H groups in total. The van der Waals surface area contributed by atoms with Gasteiger partial charge in [0, 0.05) is 38.2 Å². The van der Waals surface area contributed by atoms with Crippen molar-refractivity contribution < 1.29 is 4.79 Å². The largest absolute Gasteiger partial charge is 0.352 e. The molecule has 4 aromatic rings. The van der Waals surface area contributed by atoms with Gasteiger partial charge in [-0.15, -0.1) is 0 Å². The van der Waals surface area contributed by atoms with E-state index in [9.17, 15) is 4.79 Å². The fourth-order valence-electron chi connectivity index (χ4n) is 4.16. The molecule has 7 nitrogen and oxygen atoms in total. The van der Waals surface area contributed by atoms with Crippen LogP contribution in [0.4, 0.5) is 5.82 Å². The van der Waals surface area contributed by atoms with Crippen LogP contribution >= 0.6 is 0 Å². The minimum atomic E-state index is 0.0849. The quantitative estimate of drug-likeness (QED) is 0.486. The number of hydrogen-bond donors (Lipinski definition) is 0. The fraction of sp³-hybridized carbons (Fsp3) is 0.280. The number of aromatic nitrogens is 4. The Morgan fingerprint density at radius 1 is 0.906 bits per heavy atom. The maximum atomic E-state index is 12.8. The van der Waals surface area contributed by atoms with Crippen LogP contribution in [0.3, 0.4) is 0 Å². The van der Waals surface area contributed by atoms with E-state index in [0.717, 1.165) is 59.9 Å². The third kappa shape index (κ3) is 3.82. The molecule has 0 radical (unpaired) electrons. The van der Waals surface area contributed by atoms with E-state index in [4.69, 9.17) is 9.97 Å². The van der Waals surface area contributed by atoms with Crippen LogP contribution in [0.15, 0.2) is 66.9 Å². The van der Waals surface area contributed by atoms with Crippen molar-refractivity contribution in [3.8, 4) is 5.69 Å². The molecule has 1 saturated heterocycles. The number of nitrogens with zero attached hydrogens (tertiary/aromatic N) is 6. The van der Waals surface area contributed by atoms with Gasteiger partial charge in [-0.1, -0.05) is 43.3 Å². The number of rotatable bonds is 5. The molecule has 2 aromatic heterocycles. The summed E-state index contributed by atoms with van der Waals surface area (Å²) in [4.78, 5) is 26.7. The lowest BCUT2D eigenvalue weighted by atomic mass is 10.2. The molecular formula is C25H26N6O. The van der Waals surface area contributed by atoms with E-state index in [-0.39, 0.29) is 5.91 Å². The van der Waals surface area contributed by atoms with Crippen molar-refractivity contribution in [3.63, 3.8) is 0 Å². The zero-order valence-corrected chi connectivity index (χ0v) is 18.2. The van der Waals surface area contributed by atoms with Crippen molar-refractivity contribution >= 4 is 22.8 Å². The van der Waals surface area contributed by atoms with Crippen LogP contribution < -0.4 is 4.90 Å². The van der Waals surface area contributed by atoms with E-state index in [1.165, 1.54) is 0 Å². The van der Waals surface area contributed by atoms with Gasteiger partial charge in [-0.25, -0.2) is 14.6 Å². The van der Waals surface area contributed by atoms with Gasteiger partial charge >= 0.3 is 0 Å². The topological polar surface area (TPSA) is 67.2 Å². The summed E-state index contributed by atoms with van der Waals surface area (Å²) in [5.74, 6) is 1.82. The van der Waals surface area contributed by atoms with Crippen LogP contribution in [0, 0.1) is 0 Å². The van der Waals surface area contributed by atoms with Gasteiger partial charge < -0.3 is 9.80 Å². The first-order valence-corrected chi connectivity index (χ1v) is 11.1. The van der Waals surface area contributed by atoms with E-state index >= 15 is 0 Å². The Bertz CT molecular complexity index is 1210. The number of carbonyl (C=O) groups excluding carboxylic acids is 1. The summed E-state index contributed by atoms with van der Waals surface area (Å²) >= 11 is 0. The number of carbonyl (C=O) groups is 1. The maximum absolute atomic E-state index is 12.8. The second-order valence-electron chi connectivity index (χ2n) is 7.99. The number of anilines is 1. The first-order valence-electron chi connectivity index (χ1n) is 11.1. The maximum Gasteiger partial charge on any atom is 0.253 e. The van der Waals surface area contributed by atoms with Gasteiger partial charge in [0.15, 0.2) is 5.65 Å². The molecule has 1 aliphatic rings. The molecule has 7 heteroatoms. The summed E-state index contributed by atoms with van der Waals surface area (Å²) in [6.07, 6.45) is 3.65. The van der Waals surface area contributed by atoms with E-state index in [1.807, 2.05) is 76.4 Å². The summed E-state index contributed by atoms with van der Waals surface area (Å²) in [7, 11) is 0. The Morgan fingerprint density at radius 3 is 2.28 bits per heavy atom. The summed E-state index contributed by atoms with van der Waals surface area (Å²) in [6.45, 7) is 4.92. The average molecular weight is 427 g/mol. The Hall–Kier alpha value is -3.74. The van der Waals surface area contributed by atoms with Gasteiger partial charge in [0.1, 0.15) is 11.6 Å². The van der Waals surface area contributed by atoms with Crippen molar-refractivity contribution in [1.29, 1.82) is 0 Å². The summed E-state index contributed by atoms with van der Waals surface area (Å²) in [5.41, 5.74) is 2.54. The molecule has 0 bridgehead atoms. The van der Waals surface area contributed by atoms with Crippen LogP contribution in [-0.2, 0) is 6.42 Å². The molecule has 0 atom stereocenters. The Balaban J connectivity index is 1.44. The molecule has 3 heterocycles. The van der Waals surface area contributed by atoms with Gasteiger partial charge in [0.2, 0.25) is 0 Å². The summed E-state index contributed by atoms with van der Waals surface area (Å²) in [5, 5.41) is 5.57. The molecule has 0 spiro atoms. The van der Waals surface area contributed by atoms with Crippen LogP contribution in [0.1, 0.15) is 29.5 Å². The lowest BCUT2D eigenvalue weighted by Crippen LogP contribution is -2.49. The van der Waals surface area contributed by atoms with Crippen molar-refractivity contribution in [2.24, 2.45) is 0 Å². The predicted octanol–water partition coefficient (Wildman–Crippen LogP) is 3.73. The second kappa shape index (κ2) is 8.78. The van der Waals surface area contributed by atoms with Crippen molar-refractivity contribution in [2.45, 2.75) is 19.8 Å². The number of fused-ring (bicyclic) bond motifs is 1. The molecule has 1 amide bonds. The number of benzene rings is 2. The predicted molar refractivity (Wildman–Crippen MR) is 125 cm³/mol. The van der Waals surface area contributed by atoms with Crippen LogP contribution in [-0.4, -0.2) is 56.7 Å². The smallest absolute Gasteiger partial charge is 0.253 e. The number of hydrogen-bond acceptors (Lipinski definition) is 5. The molecule has 5 rings (SSSR count). The van der Waals surface area contributed by atoms with Gasteiger partial charge in [0.25, 0.3) is 5.91 Å². The van der Waals surface area contributed by atoms with E-state index < -0.39 is 0 Å². The highest BCUT2D eigenvalue weighted by Crippen LogP contribution is 2.27. The minimum absolute atomic E-state index is 0.0849. The van der Waals surface area contributed by atoms with E-state index in [2.05, 4.69) is 16.9 Å². The van der Waals surface area contributed by atoms with Gasteiger partial charge in [-0.3, -0.25) is 4.79 Å². The zero-order chi connectivity index (χ0) is 21.9. The van der Waals surface area contributed by atoms with Crippen LogP contribution in [0.2, 0.25) is 0 Å². The first kappa shape index (κ1) is 20.2. The Morgan fingerprint density at radius 2 is 1.59 bits per heavy atom. The molecule has 32 heavy (non-hydrogen) atoms. The van der Waals surface area contributed by atoms with Crippen molar-refractivity contribution in [3.05, 3.63) is 78.2 Å². The van der Waals surface area contributed by atoms with Crippen molar-refractivity contribution in [2.75, 3.05) is 31.1 Å². The monoisotopic (exact) mass is 426 g/mol. The third-order valence-electron chi connectivity index (χ3n) is 5.82. The minimum Gasteiger partial charge on any atom is -0.352 e. The lowest BCUT2D eigenvalue weighted by molar-refractivity contribution is 0.0746. The summed E-state index contributed by atoms with van der Waals surface area (Å²) in [6, 6.07) is 19.5. The average Bonchev–Trinajstić information content (AvgIpc) is 3.28. The molecule has 2 aromatic carbocycles. The SMILES string of the molecule is CCCc1nc(N2CCN(C(=O)c3ccccc3)CC2)c2cnn(-c3ccccc3)c2n1. The normalized spacial score (nSPS) is 14.2. The number of amides is 1. The Labute approximate surface area is 187 Å². The molecular weight excluding hydrogens is 400 g/mol. The van der Waals surface area contributed by atoms with Gasteiger partial charge in [-0.05, 0) is 30.7 Å². The number of para-hydroxylation sites is 1. The first-order chi connectivity index (χ1) is 15.7. The van der Waals surface area contributed by atoms with Crippen molar-refractivity contribution in [1.82, 2.24) is 24.6 Å². The second-order valence-corrected chi connectivity index (χ2v) is 7.99. The highest BCUT2D eigenvalue weighted by atomic mass is 16.2. The number of piperazine rings is 1. The molecule has 0 aliphatic carbocycles. The summed E-state index contributed by atoms with van der Waals surface area (Å²) < 4.78 is 1.88. The lowest BCUT2D eigenvalue weighted by Gasteiger charge is -2.35. The molecule has 162 valence electrons. The van der Waals surface area contributed by atoms with Gasteiger partial charge in [0.05, 0.1) is 17.3 Å². The molecule has 1 aliphatic heterocycles. The Kier molecular flexibility index (Phi) is 5.54. The van der Waals surface area contributed by atoms with Crippen LogP contribution in [0.25, 0.3) is 16.7 Å². The zero-order valence-electron chi connectivity index (χ0n) is 18.2. The van der Waals surface area contributed by atoms with Gasteiger partial charge in [-0.2, -0.15) is 5.10 Å². The number of aryl methyl sites for hydroxylation is 1. The van der Waals surface area contributed by atoms with E-state index in [0.29, 0.717) is 13.1 Å². The molecule has 0 saturated carbocycles. The van der Waals surface area contributed by atoms with E-state index in [1.54, 1.807) is 0 Å². The molecule has 1 fully saturated rings. The standard InChI is InChI=1S/C25H26N6O/c1-2-9-22-27-23(21-18-26-31(24(21)28-22)20-12-7-4-8-13-20)29-14-16-30(17-15-29)25(32)19-10-5-3-6-11-19/h3-8,10-13,18H,2,9,14-17H2,1H3. The highest BCUT2D eigenvalue weighted by molar-refractivity contribution is 5.94. The third-order valence-corrected chi connectivity index (χ3v) is 5.82.